The number of carbonyl (C=O) groups is 1. The van der Waals surface area contributed by atoms with E-state index in [1.54, 1.807) is 7.11 Å². The zero-order valence-electron chi connectivity index (χ0n) is 11.2. The molecule has 106 valence electrons. The zero-order chi connectivity index (χ0) is 13.9. The fourth-order valence-electron chi connectivity index (χ4n) is 1.51. The molecule has 0 atom stereocenters. The Bertz CT molecular complexity index is 385. The van der Waals surface area contributed by atoms with Gasteiger partial charge in [0.05, 0.1) is 6.61 Å². The molecule has 0 aliphatic rings. The first kappa shape index (κ1) is 16.0. The van der Waals surface area contributed by atoms with Crippen LogP contribution in [0.15, 0.2) is 28.7 Å². The highest BCUT2D eigenvalue weighted by molar-refractivity contribution is 9.10. The molecule has 0 heterocycles. The largest absolute Gasteiger partial charge is 0.494 e. The average Bonchev–Trinajstić information content (AvgIpc) is 2.40. The third-order valence-electron chi connectivity index (χ3n) is 2.46. The Kier molecular flexibility index (Phi) is 8.25. The van der Waals surface area contributed by atoms with Crippen LogP contribution in [0, 0.1) is 0 Å². The number of carbonyl (C=O) groups excluding carboxylic acids is 1. The van der Waals surface area contributed by atoms with E-state index in [9.17, 15) is 4.79 Å². The smallest absolute Gasteiger partial charge is 0.220 e. The molecule has 0 aliphatic carbocycles. The number of ether oxygens (including phenoxy) is 2. The van der Waals surface area contributed by atoms with Gasteiger partial charge in [0.25, 0.3) is 0 Å². The lowest BCUT2D eigenvalue weighted by Gasteiger charge is -2.07. The topological polar surface area (TPSA) is 47.6 Å². The molecule has 0 unspecified atom stereocenters. The van der Waals surface area contributed by atoms with Crippen molar-refractivity contribution >= 4 is 21.8 Å². The number of benzene rings is 1. The van der Waals surface area contributed by atoms with Crippen molar-refractivity contribution in [1.82, 2.24) is 5.32 Å². The van der Waals surface area contributed by atoms with Crippen molar-refractivity contribution in [2.75, 3.05) is 26.9 Å². The van der Waals surface area contributed by atoms with Gasteiger partial charge in [0.2, 0.25) is 5.91 Å². The highest BCUT2D eigenvalue weighted by atomic mass is 79.9. The lowest BCUT2D eigenvalue weighted by molar-refractivity contribution is -0.121. The second-order valence-electron chi connectivity index (χ2n) is 4.11. The predicted molar refractivity (Wildman–Crippen MR) is 78.4 cm³/mol. The summed E-state index contributed by atoms with van der Waals surface area (Å²) < 4.78 is 11.4. The number of hydrogen-bond donors (Lipinski definition) is 1. The van der Waals surface area contributed by atoms with Crippen LogP contribution >= 0.6 is 15.9 Å². The number of amides is 1. The summed E-state index contributed by atoms with van der Waals surface area (Å²) >= 11 is 3.38. The first-order valence-corrected chi connectivity index (χ1v) is 7.15. The van der Waals surface area contributed by atoms with Gasteiger partial charge < -0.3 is 14.8 Å². The van der Waals surface area contributed by atoms with Crippen molar-refractivity contribution in [2.24, 2.45) is 0 Å². The molecule has 0 aromatic heterocycles. The van der Waals surface area contributed by atoms with Crippen LogP contribution in [0.25, 0.3) is 0 Å². The Morgan fingerprint density at radius 3 is 2.89 bits per heavy atom. The molecule has 1 aromatic rings. The van der Waals surface area contributed by atoms with Gasteiger partial charge in [-0.2, -0.15) is 0 Å². The molecule has 0 fully saturated rings. The molecular formula is C14H20BrNO3. The molecule has 1 rings (SSSR count). The van der Waals surface area contributed by atoms with Gasteiger partial charge in [0.15, 0.2) is 0 Å². The van der Waals surface area contributed by atoms with Crippen LogP contribution in [0.3, 0.4) is 0 Å². The summed E-state index contributed by atoms with van der Waals surface area (Å²) in [7, 11) is 1.65. The highest BCUT2D eigenvalue weighted by Crippen LogP contribution is 2.17. The maximum Gasteiger partial charge on any atom is 0.220 e. The zero-order valence-corrected chi connectivity index (χ0v) is 12.7. The van der Waals surface area contributed by atoms with E-state index in [1.165, 1.54) is 0 Å². The fourth-order valence-corrected chi connectivity index (χ4v) is 1.89. The Hall–Kier alpha value is -1.07. The molecule has 0 bridgehead atoms. The highest BCUT2D eigenvalue weighted by Gasteiger charge is 2.01. The molecule has 19 heavy (non-hydrogen) atoms. The van der Waals surface area contributed by atoms with E-state index in [0.717, 1.165) is 16.6 Å². The molecule has 0 radical (unpaired) electrons. The Labute approximate surface area is 122 Å². The SMILES string of the molecule is COCCCNC(=O)CCCOc1cccc(Br)c1. The van der Waals surface area contributed by atoms with E-state index in [0.29, 0.717) is 32.6 Å². The van der Waals surface area contributed by atoms with Crippen LogP contribution in [0.5, 0.6) is 5.75 Å². The summed E-state index contributed by atoms with van der Waals surface area (Å²) in [6.45, 7) is 1.88. The number of halogens is 1. The Morgan fingerprint density at radius 1 is 1.32 bits per heavy atom. The number of methoxy groups -OCH3 is 1. The summed E-state index contributed by atoms with van der Waals surface area (Å²) in [5, 5.41) is 2.84. The number of rotatable bonds is 9. The lowest BCUT2D eigenvalue weighted by atomic mass is 10.3. The maximum atomic E-state index is 11.5. The van der Waals surface area contributed by atoms with Gasteiger partial charge in [0.1, 0.15) is 5.75 Å². The van der Waals surface area contributed by atoms with Crippen molar-refractivity contribution in [2.45, 2.75) is 19.3 Å². The number of hydrogen-bond acceptors (Lipinski definition) is 3. The summed E-state index contributed by atoms with van der Waals surface area (Å²) in [4.78, 5) is 11.5. The van der Waals surface area contributed by atoms with Crippen molar-refractivity contribution < 1.29 is 14.3 Å². The normalized spacial score (nSPS) is 10.2. The molecule has 0 spiro atoms. The van der Waals surface area contributed by atoms with E-state index >= 15 is 0 Å². The lowest BCUT2D eigenvalue weighted by Crippen LogP contribution is -2.25. The monoisotopic (exact) mass is 329 g/mol. The quantitative estimate of drug-likeness (QED) is 0.708. The standard InChI is InChI=1S/C14H20BrNO3/c1-18-9-4-8-16-14(17)7-3-10-19-13-6-2-5-12(15)11-13/h2,5-6,11H,3-4,7-10H2,1H3,(H,16,17). The van der Waals surface area contributed by atoms with Gasteiger partial charge in [-0.25, -0.2) is 0 Å². The van der Waals surface area contributed by atoms with Crippen molar-refractivity contribution in [3.8, 4) is 5.75 Å². The third kappa shape index (κ3) is 7.85. The Balaban J connectivity index is 2.05. The predicted octanol–water partition coefficient (Wildman–Crippen LogP) is 2.76. The molecule has 4 nitrogen and oxygen atoms in total. The van der Waals surface area contributed by atoms with Crippen molar-refractivity contribution in [3.63, 3.8) is 0 Å². The summed E-state index contributed by atoms with van der Waals surface area (Å²) in [5.41, 5.74) is 0. The van der Waals surface area contributed by atoms with E-state index in [2.05, 4.69) is 21.2 Å². The van der Waals surface area contributed by atoms with Gasteiger partial charge in [0, 0.05) is 31.2 Å². The minimum atomic E-state index is 0.0638. The second kappa shape index (κ2) is 9.81. The van der Waals surface area contributed by atoms with Crippen LogP contribution < -0.4 is 10.1 Å². The first-order chi connectivity index (χ1) is 9.22. The van der Waals surface area contributed by atoms with E-state index in [-0.39, 0.29) is 5.91 Å². The second-order valence-corrected chi connectivity index (χ2v) is 5.02. The molecule has 5 heteroatoms. The van der Waals surface area contributed by atoms with Crippen LogP contribution in [-0.4, -0.2) is 32.8 Å². The van der Waals surface area contributed by atoms with Crippen molar-refractivity contribution in [3.05, 3.63) is 28.7 Å². The van der Waals surface area contributed by atoms with E-state index in [1.807, 2.05) is 24.3 Å². The van der Waals surface area contributed by atoms with E-state index < -0.39 is 0 Å². The summed E-state index contributed by atoms with van der Waals surface area (Å²) in [6.07, 6.45) is 2.04. The molecule has 0 saturated carbocycles. The van der Waals surface area contributed by atoms with Gasteiger partial charge in [-0.3, -0.25) is 4.79 Å². The molecular weight excluding hydrogens is 310 g/mol. The molecule has 1 amide bonds. The van der Waals surface area contributed by atoms with Crippen LogP contribution in [0.4, 0.5) is 0 Å². The molecule has 1 aromatic carbocycles. The minimum absolute atomic E-state index is 0.0638. The van der Waals surface area contributed by atoms with Gasteiger partial charge in [-0.05, 0) is 31.0 Å². The summed E-state index contributed by atoms with van der Waals surface area (Å²) in [5.74, 6) is 0.879. The van der Waals surface area contributed by atoms with Gasteiger partial charge in [-0.1, -0.05) is 22.0 Å². The molecule has 1 N–H and O–H groups in total. The van der Waals surface area contributed by atoms with Crippen molar-refractivity contribution in [1.29, 1.82) is 0 Å². The van der Waals surface area contributed by atoms with E-state index in [4.69, 9.17) is 9.47 Å². The van der Waals surface area contributed by atoms with Gasteiger partial charge >= 0.3 is 0 Å². The molecule has 0 saturated heterocycles. The third-order valence-corrected chi connectivity index (χ3v) is 2.95. The summed E-state index contributed by atoms with van der Waals surface area (Å²) in [6, 6.07) is 7.67. The fraction of sp³-hybridized carbons (Fsp3) is 0.500. The first-order valence-electron chi connectivity index (χ1n) is 6.36. The Morgan fingerprint density at radius 2 is 2.16 bits per heavy atom. The maximum absolute atomic E-state index is 11.5. The molecule has 0 aliphatic heterocycles. The number of nitrogens with one attached hydrogen (secondary N) is 1. The van der Waals surface area contributed by atoms with Crippen LogP contribution in [0.1, 0.15) is 19.3 Å². The van der Waals surface area contributed by atoms with Gasteiger partial charge in [-0.15, -0.1) is 0 Å². The minimum Gasteiger partial charge on any atom is -0.494 e. The van der Waals surface area contributed by atoms with Crippen LogP contribution in [0.2, 0.25) is 0 Å². The van der Waals surface area contributed by atoms with Crippen LogP contribution in [-0.2, 0) is 9.53 Å². The average molecular weight is 330 g/mol.